The van der Waals surface area contributed by atoms with E-state index in [1.807, 2.05) is 50.1 Å². The Bertz CT molecular complexity index is 1140. The molecule has 3 aromatic rings. The Morgan fingerprint density at radius 2 is 1.49 bits per heavy atom. The van der Waals surface area contributed by atoms with Gasteiger partial charge in [0.05, 0.1) is 11.4 Å². The molecule has 0 spiro atoms. The minimum atomic E-state index is 0.233. The van der Waals surface area contributed by atoms with Crippen LogP contribution in [0.2, 0.25) is 0 Å². The van der Waals surface area contributed by atoms with Crippen molar-refractivity contribution in [3.63, 3.8) is 0 Å². The second kappa shape index (κ2) is 14.4. The topological polar surface area (TPSA) is 65.7 Å². The van der Waals surface area contributed by atoms with E-state index in [1.54, 1.807) is 30.0 Å². The molecule has 0 unspecified atom stereocenters. The number of amides is 1. The van der Waals surface area contributed by atoms with E-state index < -0.39 is 0 Å². The van der Waals surface area contributed by atoms with Crippen LogP contribution >= 0.6 is 11.8 Å². The summed E-state index contributed by atoms with van der Waals surface area (Å²) in [5.41, 5.74) is 4.55. The van der Waals surface area contributed by atoms with Crippen LogP contribution in [0.15, 0.2) is 42.5 Å². The van der Waals surface area contributed by atoms with Gasteiger partial charge in [-0.2, -0.15) is 11.8 Å². The molecule has 0 bridgehead atoms. The lowest BCUT2D eigenvalue weighted by molar-refractivity contribution is -0.128. The first kappa shape index (κ1) is 29.0. The van der Waals surface area contributed by atoms with Gasteiger partial charge < -0.3 is 19.7 Å². The summed E-state index contributed by atoms with van der Waals surface area (Å²) in [7, 11) is 1.88. The molecule has 5 nitrogen and oxygen atoms in total. The standard InChI is InChI=1S/C31H44N2O3S/c1-23(2)32(4)30(36)22-37-20-12-10-8-6-5-7-9-11-19-33-29-18-17-27(35)21-28(29)24(3)31(33)25-13-15-26(34)16-14-25/h13-18,21,23,34-35H,5-12,19-20,22H2,1-4H3. The van der Waals surface area contributed by atoms with Gasteiger partial charge in [-0.15, -0.1) is 0 Å². The van der Waals surface area contributed by atoms with Crippen molar-refractivity contribution in [2.75, 3.05) is 18.6 Å². The summed E-state index contributed by atoms with van der Waals surface area (Å²) in [6.07, 6.45) is 9.84. The summed E-state index contributed by atoms with van der Waals surface area (Å²) >= 11 is 1.76. The number of fused-ring (bicyclic) bond motifs is 1. The molecule has 0 fully saturated rings. The zero-order valence-corrected chi connectivity index (χ0v) is 23.8. The molecule has 1 amide bonds. The van der Waals surface area contributed by atoms with Crippen LogP contribution in [0.1, 0.15) is 70.8 Å². The summed E-state index contributed by atoms with van der Waals surface area (Å²) < 4.78 is 2.37. The largest absolute Gasteiger partial charge is 0.508 e. The molecule has 2 aromatic carbocycles. The number of phenolic OH excluding ortho intramolecular Hbond substituents is 2. The van der Waals surface area contributed by atoms with Gasteiger partial charge in [-0.25, -0.2) is 0 Å². The Hall–Kier alpha value is -2.60. The van der Waals surface area contributed by atoms with Gasteiger partial charge in [-0.05, 0) is 93.0 Å². The van der Waals surface area contributed by atoms with Crippen LogP contribution in [0.5, 0.6) is 11.5 Å². The van der Waals surface area contributed by atoms with Gasteiger partial charge in [0.25, 0.3) is 0 Å². The number of aryl methyl sites for hydroxylation is 2. The van der Waals surface area contributed by atoms with E-state index >= 15 is 0 Å². The van der Waals surface area contributed by atoms with Gasteiger partial charge >= 0.3 is 0 Å². The third-order valence-corrected chi connectivity index (χ3v) is 8.28. The molecule has 0 saturated carbocycles. The maximum absolute atomic E-state index is 12.0. The van der Waals surface area contributed by atoms with Gasteiger partial charge in [-0.3, -0.25) is 4.79 Å². The van der Waals surface area contributed by atoms with E-state index in [0.717, 1.165) is 46.4 Å². The highest BCUT2D eigenvalue weighted by Crippen LogP contribution is 2.36. The number of carbonyl (C=O) groups is 1. The summed E-state index contributed by atoms with van der Waals surface area (Å²) in [4.78, 5) is 13.8. The maximum Gasteiger partial charge on any atom is 0.232 e. The Morgan fingerprint density at radius 3 is 2.14 bits per heavy atom. The van der Waals surface area contributed by atoms with E-state index in [9.17, 15) is 15.0 Å². The minimum Gasteiger partial charge on any atom is -0.508 e. The number of unbranched alkanes of at least 4 members (excludes halogenated alkanes) is 7. The minimum absolute atomic E-state index is 0.233. The molecule has 2 N–H and O–H groups in total. The van der Waals surface area contributed by atoms with Crippen molar-refractivity contribution < 1.29 is 15.0 Å². The van der Waals surface area contributed by atoms with Crippen molar-refractivity contribution in [1.82, 2.24) is 9.47 Å². The van der Waals surface area contributed by atoms with Gasteiger partial charge in [0.15, 0.2) is 0 Å². The summed E-state index contributed by atoms with van der Waals surface area (Å²) in [5.74, 6) is 2.46. The van der Waals surface area contributed by atoms with Crippen LogP contribution in [-0.2, 0) is 11.3 Å². The van der Waals surface area contributed by atoms with Crippen molar-refractivity contribution in [2.45, 2.75) is 84.7 Å². The monoisotopic (exact) mass is 524 g/mol. The quantitative estimate of drug-likeness (QED) is 0.200. The number of benzene rings is 2. The summed E-state index contributed by atoms with van der Waals surface area (Å²) in [5, 5.41) is 20.9. The highest BCUT2D eigenvalue weighted by atomic mass is 32.2. The fourth-order valence-electron chi connectivity index (χ4n) is 4.82. The predicted molar refractivity (Wildman–Crippen MR) is 158 cm³/mol. The number of nitrogens with zero attached hydrogens (tertiary/aromatic N) is 2. The highest BCUT2D eigenvalue weighted by molar-refractivity contribution is 7.99. The third-order valence-electron chi connectivity index (χ3n) is 7.25. The molecule has 1 aromatic heterocycles. The van der Waals surface area contributed by atoms with Gasteiger partial charge in [0.1, 0.15) is 11.5 Å². The number of aromatic hydroxyl groups is 2. The Morgan fingerprint density at radius 1 is 0.892 bits per heavy atom. The second-order valence-electron chi connectivity index (χ2n) is 10.4. The molecule has 6 heteroatoms. The fourth-order valence-corrected chi connectivity index (χ4v) is 5.75. The average Bonchev–Trinajstić information content (AvgIpc) is 3.15. The van der Waals surface area contributed by atoms with Crippen LogP contribution in [0, 0.1) is 6.92 Å². The van der Waals surface area contributed by atoms with Crippen molar-refractivity contribution in [2.24, 2.45) is 0 Å². The van der Waals surface area contributed by atoms with Gasteiger partial charge in [-0.1, -0.05) is 38.5 Å². The fraction of sp³-hybridized carbons (Fsp3) is 0.516. The number of aromatic nitrogens is 1. The molecule has 202 valence electrons. The maximum atomic E-state index is 12.0. The van der Waals surface area contributed by atoms with Crippen molar-refractivity contribution >= 4 is 28.6 Å². The SMILES string of the molecule is Cc1c(-c2ccc(O)cc2)n(CCCCCCCCCCSCC(=O)N(C)C(C)C)c2ccc(O)cc12. The zero-order valence-electron chi connectivity index (χ0n) is 23.0. The number of hydrogen-bond acceptors (Lipinski definition) is 4. The Kier molecular flexibility index (Phi) is 11.2. The van der Waals surface area contributed by atoms with Crippen molar-refractivity contribution in [1.29, 1.82) is 0 Å². The molecule has 0 atom stereocenters. The third kappa shape index (κ3) is 8.19. The summed E-state index contributed by atoms with van der Waals surface area (Å²) in [6, 6.07) is 13.3. The number of thioether (sulfide) groups is 1. The number of rotatable bonds is 15. The smallest absolute Gasteiger partial charge is 0.232 e. The molecular weight excluding hydrogens is 480 g/mol. The average molecular weight is 525 g/mol. The van der Waals surface area contributed by atoms with Crippen LogP contribution in [0.3, 0.4) is 0 Å². The van der Waals surface area contributed by atoms with E-state index in [0.29, 0.717) is 5.75 Å². The highest BCUT2D eigenvalue weighted by Gasteiger charge is 2.16. The first-order chi connectivity index (χ1) is 17.8. The lowest BCUT2D eigenvalue weighted by atomic mass is 10.1. The van der Waals surface area contributed by atoms with E-state index in [2.05, 4.69) is 11.5 Å². The normalized spacial score (nSPS) is 11.5. The van der Waals surface area contributed by atoms with Gasteiger partial charge in [0.2, 0.25) is 5.91 Å². The van der Waals surface area contributed by atoms with Crippen LogP contribution in [-0.4, -0.2) is 50.2 Å². The van der Waals surface area contributed by atoms with E-state index in [1.165, 1.54) is 44.9 Å². The van der Waals surface area contributed by atoms with E-state index in [4.69, 9.17) is 0 Å². The molecule has 0 aliphatic carbocycles. The molecular formula is C31H44N2O3S. The Balaban J connectivity index is 1.39. The predicted octanol–water partition coefficient (Wildman–Crippen LogP) is 7.75. The van der Waals surface area contributed by atoms with Crippen LogP contribution < -0.4 is 0 Å². The zero-order chi connectivity index (χ0) is 26.8. The summed E-state index contributed by atoms with van der Waals surface area (Å²) in [6.45, 7) is 7.15. The first-order valence-electron chi connectivity index (χ1n) is 13.7. The number of carbonyl (C=O) groups excluding carboxylic acids is 1. The molecule has 0 aliphatic rings. The Labute approximate surface area is 226 Å². The van der Waals surface area contributed by atoms with Crippen molar-refractivity contribution in [3.8, 4) is 22.8 Å². The first-order valence-corrected chi connectivity index (χ1v) is 14.9. The molecule has 0 aliphatic heterocycles. The number of hydrogen-bond donors (Lipinski definition) is 2. The lowest BCUT2D eigenvalue weighted by Gasteiger charge is -2.21. The van der Waals surface area contributed by atoms with Crippen LogP contribution in [0.4, 0.5) is 0 Å². The van der Waals surface area contributed by atoms with Crippen molar-refractivity contribution in [3.05, 3.63) is 48.0 Å². The van der Waals surface area contributed by atoms with Gasteiger partial charge in [0, 0.05) is 30.5 Å². The van der Waals surface area contributed by atoms with E-state index in [-0.39, 0.29) is 23.4 Å². The molecule has 0 radical (unpaired) electrons. The van der Waals surface area contributed by atoms with Crippen LogP contribution in [0.25, 0.3) is 22.2 Å². The number of phenols is 2. The second-order valence-corrected chi connectivity index (χ2v) is 11.5. The lowest BCUT2D eigenvalue weighted by Crippen LogP contribution is -2.34. The molecule has 37 heavy (non-hydrogen) atoms. The molecule has 0 saturated heterocycles. The molecule has 1 heterocycles. The molecule has 3 rings (SSSR count).